The van der Waals surface area contributed by atoms with E-state index in [1.807, 2.05) is 48.5 Å². The van der Waals surface area contributed by atoms with Crippen LogP contribution in [0.1, 0.15) is 21.5 Å². The molecule has 0 saturated heterocycles. The van der Waals surface area contributed by atoms with Gasteiger partial charge in [-0.05, 0) is 77.5 Å². The molecule has 0 atom stereocenters. The fourth-order valence-corrected chi connectivity index (χ4v) is 5.84. The highest BCUT2D eigenvalue weighted by Crippen LogP contribution is 2.40. The van der Waals surface area contributed by atoms with E-state index in [0.717, 1.165) is 26.9 Å². The van der Waals surface area contributed by atoms with Gasteiger partial charge in [-0.2, -0.15) is 0 Å². The normalized spacial score (nSPS) is 11.3. The van der Waals surface area contributed by atoms with Crippen molar-refractivity contribution in [3.63, 3.8) is 0 Å². The van der Waals surface area contributed by atoms with Crippen LogP contribution < -0.4 is 15.2 Å². The number of Topliss-reactive ketones (excluding diaryl/α,β-unsaturated/α-hetero) is 1. The van der Waals surface area contributed by atoms with Crippen LogP contribution in [-0.2, 0) is 11.5 Å². The number of allylic oxidation sites excluding steroid dienone is 5. The third kappa shape index (κ3) is 8.16. The molecule has 0 saturated carbocycles. The first kappa shape index (κ1) is 28.9. The zero-order valence-electron chi connectivity index (χ0n) is 21.4. The van der Waals surface area contributed by atoms with E-state index in [0.29, 0.717) is 28.2 Å². The Bertz CT molecular complexity index is 1260. The van der Waals surface area contributed by atoms with Gasteiger partial charge in [0.1, 0.15) is 17.3 Å². The lowest BCUT2D eigenvalue weighted by atomic mass is 9.97. The van der Waals surface area contributed by atoms with E-state index >= 15 is 0 Å². The zero-order chi connectivity index (χ0) is 27.3. The van der Waals surface area contributed by atoms with Gasteiger partial charge in [-0.1, -0.05) is 43.0 Å². The van der Waals surface area contributed by atoms with Crippen LogP contribution in [0.4, 0.5) is 4.39 Å². The highest BCUT2D eigenvalue weighted by Gasteiger charge is 2.21. The van der Waals surface area contributed by atoms with E-state index in [9.17, 15) is 9.18 Å². The summed E-state index contributed by atoms with van der Waals surface area (Å²) < 4.78 is 25.0. The molecule has 0 aromatic heterocycles. The van der Waals surface area contributed by atoms with Crippen molar-refractivity contribution in [1.82, 2.24) is 0 Å². The number of ketones is 1. The molecule has 7 heteroatoms. The molecular formula is C31H30FNO3S2. The quantitative estimate of drug-likeness (QED) is 0.134. The molecule has 0 amide bonds. The summed E-state index contributed by atoms with van der Waals surface area (Å²) in [7, 11) is 3.26. The number of hydrogen-bond donors (Lipinski definition) is 1. The average Bonchev–Trinajstić information content (AvgIpc) is 2.95. The number of rotatable bonds is 13. The van der Waals surface area contributed by atoms with Gasteiger partial charge in [-0.3, -0.25) is 4.79 Å². The predicted molar refractivity (Wildman–Crippen MR) is 158 cm³/mol. The number of halogens is 1. The second kappa shape index (κ2) is 14.9. The first-order valence-electron chi connectivity index (χ1n) is 11.8. The van der Waals surface area contributed by atoms with Crippen LogP contribution in [0.2, 0.25) is 0 Å². The Balaban J connectivity index is 2.07. The minimum absolute atomic E-state index is 0.226. The summed E-state index contributed by atoms with van der Waals surface area (Å²) in [6.07, 6.45) is 6.45. The van der Waals surface area contributed by atoms with Crippen molar-refractivity contribution in [2.75, 3.05) is 14.2 Å². The van der Waals surface area contributed by atoms with Crippen LogP contribution in [0.15, 0.2) is 119 Å². The summed E-state index contributed by atoms with van der Waals surface area (Å²) >= 11 is 3.12. The first-order chi connectivity index (χ1) is 18.5. The number of thioether (sulfide) groups is 2. The van der Waals surface area contributed by atoms with Gasteiger partial charge in [-0.25, -0.2) is 4.39 Å². The SMILES string of the molecule is C=C/C=C(\C=C/N)C(C(=O)c1ccc(F)cc1)=C(SCc1ccc(OC)cc1)SCc1ccc(OC)cc1. The van der Waals surface area contributed by atoms with Gasteiger partial charge in [0.25, 0.3) is 0 Å². The molecule has 3 aromatic rings. The number of ether oxygens (including phenoxy) is 2. The fraction of sp³-hybridized carbons (Fsp3) is 0.129. The number of methoxy groups -OCH3 is 2. The van der Waals surface area contributed by atoms with Crippen molar-refractivity contribution in [2.45, 2.75) is 11.5 Å². The topological polar surface area (TPSA) is 61.6 Å². The van der Waals surface area contributed by atoms with Gasteiger partial charge in [0.05, 0.1) is 18.5 Å². The minimum Gasteiger partial charge on any atom is -0.497 e. The maximum absolute atomic E-state index is 13.9. The van der Waals surface area contributed by atoms with E-state index in [-0.39, 0.29) is 5.78 Å². The van der Waals surface area contributed by atoms with Crippen molar-refractivity contribution in [3.8, 4) is 11.5 Å². The molecule has 0 aliphatic carbocycles. The highest BCUT2D eigenvalue weighted by atomic mass is 32.2. The van der Waals surface area contributed by atoms with Crippen LogP contribution in [0.3, 0.4) is 0 Å². The van der Waals surface area contributed by atoms with Gasteiger partial charge < -0.3 is 15.2 Å². The summed E-state index contributed by atoms with van der Waals surface area (Å²) in [5.41, 5.74) is 9.41. The zero-order valence-corrected chi connectivity index (χ0v) is 23.0. The summed E-state index contributed by atoms with van der Waals surface area (Å²) in [5.74, 6) is 2.18. The Kier molecular flexibility index (Phi) is 11.3. The molecule has 0 fully saturated rings. The lowest BCUT2D eigenvalue weighted by molar-refractivity contribution is 0.103. The maximum atomic E-state index is 13.9. The van der Waals surface area contributed by atoms with Crippen molar-refractivity contribution in [1.29, 1.82) is 0 Å². The molecule has 0 radical (unpaired) electrons. The molecule has 0 aliphatic rings. The van der Waals surface area contributed by atoms with E-state index in [2.05, 4.69) is 6.58 Å². The van der Waals surface area contributed by atoms with Crippen LogP contribution in [0, 0.1) is 5.82 Å². The number of carbonyl (C=O) groups excluding carboxylic acids is 1. The first-order valence-corrected chi connectivity index (χ1v) is 13.7. The van der Waals surface area contributed by atoms with Gasteiger partial charge in [0.2, 0.25) is 0 Å². The number of nitrogens with two attached hydrogens (primary N) is 1. The Hall–Kier alpha value is -3.68. The number of carbonyl (C=O) groups is 1. The molecule has 0 aliphatic heterocycles. The monoisotopic (exact) mass is 547 g/mol. The Labute approximate surface area is 232 Å². The second-order valence-electron chi connectivity index (χ2n) is 7.99. The molecule has 3 aromatic carbocycles. The summed E-state index contributed by atoms with van der Waals surface area (Å²) in [5, 5.41) is 0. The lowest BCUT2D eigenvalue weighted by Gasteiger charge is -2.16. The molecule has 3 rings (SSSR count). The fourth-order valence-electron chi connectivity index (χ4n) is 3.47. The Morgan fingerprint density at radius 3 is 1.79 bits per heavy atom. The lowest BCUT2D eigenvalue weighted by Crippen LogP contribution is -2.08. The minimum atomic E-state index is -0.404. The van der Waals surface area contributed by atoms with Gasteiger partial charge >= 0.3 is 0 Å². The molecular weight excluding hydrogens is 517 g/mol. The predicted octanol–water partition coefficient (Wildman–Crippen LogP) is 7.69. The molecule has 4 nitrogen and oxygen atoms in total. The van der Waals surface area contributed by atoms with E-state index in [1.165, 1.54) is 30.5 Å². The van der Waals surface area contributed by atoms with E-state index < -0.39 is 5.82 Å². The standard InChI is InChI=1S/C31H30FNO3S2/c1-4-5-24(18-19-33)29(30(34)25-10-12-26(32)13-11-25)31(37-20-22-6-14-27(35-2)15-7-22)38-21-23-8-16-28(36-3)17-9-23/h4-19H,1,20-21,33H2,2-3H3/b19-18-,24-5+. The molecule has 196 valence electrons. The van der Waals surface area contributed by atoms with Crippen molar-refractivity contribution >= 4 is 29.3 Å². The number of benzene rings is 3. The highest BCUT2D eigenvalue weighted by molar-refractivity contribution is 8.21. The molecule has 38 heavy (non-hydrogen) atoms. The third-order valence-electron chi connectivity index (χ3n) is 5.46. The summed E-state index contributed by atoms with van der Waals surface area (Å²) in [6.45, 7) is 3.82. The van der Waals surface area contributed by atoms with Crippen molar-refractivity contribution in [3.05, 3.63) is 142 Å². The molecule has 0 unspecified atom stereocenters. The van der Waals surface area contributed by atoms with Gasteiger partial charge in [0, 0.05) is 22.6 Å². The summed E-state index contributed by atoms with van der Waals surface area (Å²) in [4.78, 5) is 13.9. The molecule has 0 spiro atoms. The van der Waals surface area contributed by atoms with Crippen LogP contribution in [-0.4, -0.2) is 20.0 Å². The van der Waals surface area contributed by atoms with Crippen molar-refractivity contribution in [2.24, 2.45) is 5.73 Å². The smallest absolute Gasteiger partial charge is 0.195 e. The molecule has 2 N–H and O–H groups in total. The van der Waals surface area contributed by atoms with Crippen molar-refractivity contribution < 1.29 is 18.7 Å². The van der Waals surface area contributed by atoms with E-state index in [4.69, 9.17) is 15.2 Å². The summed E-state index contributed by atoms with van der Waals surface area (Å²) in [6, 6.07) is 21.2. The Morgan fingerprint density at radius 2 is 1.37 bits per heavy atom. The third-order valence-corrected chi connectivity index (χ3v) is 8.05. The number of hydrogen-bond acceptors (Lipinski definition) is 6. The van der Waals surface area contributed by atoms with Crippen LogP contribution >= 0.6 is 23.5 Å². The van der Waals surface area contributed by atoms with E-state index in [1.54, 1.807) is 56.0 Å². The van der Waals surface area contributed by atoms with Crippen LogP contribution in [0.25, 0.3) is 0 Å². The molecule has 0 bridgehead atoms. The largest absolute Gasteiger partial charge is 0.497 e. The second-order valence-corrected chi connectivity index (χ2v) is 10.2. The average molecular weight is 548 g/mol. The Morgan fingerprint density at radius 1 is 0.868 bits per heavy atom. The maximum Gasteiger partial charge on any atom is 0.195 e. The van der Waals surface area contributed by atoms with Gasteiger partial charge in [-0.15, -0.1) is 23.5 Å². The van der Waals surface area contributed by atoms with Gasteiger partial charge in [0.15, 0.2) is 5.78 Å². The van der Waals surface area contributed by atoms with Crippen LogP contribution in [0.5, 0.6) is 11.5 Å². The molecule has 0 heterocycles.